The van der Waals surface area contributed by atoms with Gasteiger partial charge in [-0.2, -0.15) is 8.42 Å². The fourth-order valence-corrected chi connectivity index (χ4v) is 2.65. The molecule has 0 saturated heterocycles. The summed E-state index contributed by atoms with van der Waals surface area (Å²) in [5, 5.41) is 0. The van der Waals surface area contributed by atoms with Crippen LogP contribution in [0.25, 0.3) is 0 Å². The first kappa shape index (κ1) is 15.1. The van der Waals surface area contributed by atoms with E-state index < -0.39 is 10.1 Å². The molecule has 0 aliphatic heterocycles. The van der Waals surface area contributed by atoms with Gasteiger partial charge in [0.2, 0.25) is 0 Å². The fraction of sp³-hybridized carbons (Fsp3) is 0.133. The van der Waals surface area contributed by atoms with Gasteiger partial charge in [-0.15, -0.1) is 0 Å². The molecule has 0 spiro atoms. The summed E-state index contributed by atoms with van der Waals surface area (Å²) in [6.07, 6.45) is 0.516. The fourth-order valence-electron chi connectivity index (χ4n) is 1.69. The second-order valence-electron chi connectivity index (χ2n) is 4.37. The van der Waals surface area contributed by atoms with Gasteiger partial charge in [0.05, 0.1) is 12.7 Å². The minimum atomic E-state index is -3.98. The number of aldehydes is 1. The van der Waals surface area contributed by atoms with E-state index in [2.05, 4.69) is 0 Å². The van der Waals surface area contributed by atoms with Crippen molar-refractivity contribution in [1.29, 1.82) is 0 Å². The zero-order valence-corrected chi connectivity index (χ0v) is 12.4. The van der Waals surface area contributed by atoms with E-state index in [1.807, 2.05) is 6.92 Å². The van der Waals surface area contributed by atoms with E-state index in [9.17, 15) is 13.2 Å². The van der Waals surface area contributed by atoms with Crippen LogP contribution in [-0.2, 0) is 10.1 Å². The van der Waals surface area contributed by atoms with Gasteiger partial charge in [0.1, 0.15) is 10.6 Å². The lowest BCUT2D eigenvalue weighted by atomic mass is 10.2. The van der Waals surface area contributed by atoms with Crippen LogP contribution >= 0.6 is 0 Å². The average molecular weight is 306 g/mol. The van der Waals surface area contributed by atoms with Crippen LogP contribution in [0.4, 0.5) is 0 Å². The quantitative estimate of drug-likeness (QED) is 0.627. The standard InChI is InChI=1S/C15H14O5S/c1-11-3-6-14(7-4-11)21(17,18)20-15-8-5-13(19-2)9-12(15)10-16/h3-10H,1-2H3. The Balaban J connectivity index is 2.36. The first-order valence-electron chi connectivity index (χ1n) is 6.10. The lowest BCUT2D eigenvalue weighted by Gasteiger charge is -2.10. The monoisotopic (exact) mass is 306 g/mol. The number of aryl methyl sites for hydroxylation is 1. The van der Waals surface area contributed by atoms with Gasteiger partial charge >= 0.3 is 10.1 Å². The van der Waals surface area contributed by atoms with Crippen molar-refractivity contribution >= 4 is 16.4 Å². The summed E-state index contributed by atoms with van der Waals surface area (Å²) < 4.78 is 34.3. The van der Waals surface area contributed by atoms with E-state index in [4.69, 9.17) is 8.92 Å². The third-order valence-electron chi connectivity index (χ3n) is 2.85. The van der Waals surface area contributed by atoms with Crippen LogP contribution in [0.2, 0.25) is 0 Å². The molecule has 0 atom stereocenters. The predicted octanol–water partition coefficient (Wildman–Crippen LogP) is 2.58. The van der Waals surface area contributed by atoms with E-state index in [0.29, 0.717) is 12.0 Å². The lowest BCUT2D eigenvalue weighted by molar-refractivity contribution is 0.112. The minimum Gasteiger partial charge on any atom is -0.497 e. The number of carbonyl (C=O) groups is 1. The molecule has 2 aromatic rings. The maximum Gasteiger partial charge on any atom is 0.339 e. The van der Waals surface area contributed by atoms with Gasteiger partial charge in [-0.05, 0) is 37.3 Å². The molecule has 21 heavy (non-hydrogen) atoms. The van der Waals surface area contributed by atoms with E-state index in [1.165, 1.54) is 37.4 Å². The topological polar surface area (TPSA) is 69.7 Å². The molecule has 0 N–H and O–H groups in total. The van der Waals surface area contributed by atoms with Crippen molar-refractivity contribution in [3.63, 3.8) is 0 Å². The van der Waals surface area contributed by atoms with Crippen LogP contribution in [0.1, 0.15) is 15.9 Å². The van der Waals surface area contributed by atoms with E-state index >= 15 is 0 Å². The molecule has 0 fully saturated rings. The van der Waals surface area contributed by atoms with Gasteiger partial charge in [-0.1, -0.05) is 17.7 Å². The second-order valence-corrected chi connectivity index (χ2v) is 5.92. The van der Waals surface area contributed by atoms with Gasteiger partial charge < -0.3 is 8.92 Å². The Morgan fingerprint density at radius 1 is 1.05 bits per heavy atom. The van der Waals surface area contributed by atoms with Gasteiger partial charge in [0.15, 0.2) is 12.0 Å². The van der Waals surface area contributed by atoms with Crippen molar-refractivity contribution < 1.29 is 22.1 Å². The molecule has 5 nitrogen and oxygen atoms in total. The number of ether oxygens (including phenoxy) is 1. The SMILES string of the molecule is COc1ccc(OS(=O)(=O)c2ccc(C)cc2)c(C=O)c1. The predicted molar refractivity (Wildman–Crippen MR) is 77.4 cm³/mol. The second kappa shape index (κ2) is 5.97. The first-order valence-corrected chi connectivity index (χ1v) is 7.51. The zero-order chi connectivity index (χ0) is 15.5. The summed E-state index contributed by atoms with van der Waals surface area (Å²) in [6.45, 7) is 1.85. The molecule has 2 aromatic carbocycles. The first-order chi connectivity index (χ1) is 9.96. The van der Waals surface area contributed by atoms with Gasteiger partial charge in [0, 0.05) is 0 Å². The Morgan fingerprint density at radius 3 is 2.29 bits per heavy atom. The molecule has 0 radical (unpaired) electrons. The number of benzene rings is 2. The average Bonchev–Trinajstić information content (AvgIpc) is 2.47. The summed E-state index contributed by atoms with van der Waals surface area (Å²) in [6, 6.07) is 10.6. The smallest absolute Gasteiger partial charge is 0.339 e. The molecule has 0 heterocycles. The molecule has 0 aliphatic carbocycles. The Hall–Kier alpha value is -2.34. The number of carbonyl (C=O) groups excluding carboxylic acids is 1. The van der Waals surface area contributed by atoms with Gasteiger partial charge in [0.25, 0.3) is 0 Å². The number of rotatable bonds is 5. The molecule has 2 rings (SSSR count). The molecular weight excluding hydrogens is 292 g/mol. The largest absolute Gasteiger partial charge is 0.497 e. The summed E-state index contributed by atoms with van der Waals surface area (Å²) in [5.41, 5.74) is 1.04. The molecule has 0 aliphatic rings. The van der Waals surface area contributed by atoms with Crippen LogP contribution < -0.4 is 8.92 Å². The number of methoxy groups -OCH3 is 1. The van der Waals surface area contributed by atoms with Crippen molar-refractivity contribution in [1.82, 2.24) is 0 Å². The maximum absolute atomic E-state index is 12.2. The Labute approximate surface area is 123 Å². The third kappa shape index (κ3) is 3.41. The molecule has 0 saturated carbocycles. The van der Waals surface area contributed by atoms with Crippen molar-refractivity contribution in [2.24, 2.45) is 0 Å². The summed E-state index contributed by atoms with van der Waals surface area (Å²) >= 11 is 0. The normalized spacial score (nSPS) is 11.0. The highest BCUT2D eigenvalue weighted by Crippen LogP contribution is 2.26. The Bertz CT molecular complexity index is 748. The molecule has 0 bridgehead atoms. The molecule has 0 unspecified atom stereocenters. The highest BCUT2D eigenvalue weighted by atomic mass is 32.2. The van der Waals surface area contributed by atoms with Crippen molar-refractivity contribution in [3.8, 4) is 11.5 Å². The summed E-state index contributed by atoms with van der Waals surface area (Å²) in [7, 11) is -2.53. The molecule has 0 aromatic heterocycles. The summed E-state index contributed by atoms with van der Waals surface area (Å²) in [4.78, 5) is 11.1. The Morgan fingerprint density at radius 2 is 1.71 bits per heavy atom. The number of hydrogen-bond donors (Lipinski definition) is 0. The van der Waals surface area contributed by atoms with Gasteiger partial charge in [-0.25, -0.2) is 0 Å². The van der Waals surface area contributed by atoms with Crippen LogP contribution in [0.3, 0.4) is 0 Å². The van der Waals surface area contributed by atoms with E-state index in [0.717, 1.165) is 5.56 Å². The minimum absolute atomic E-state index is 0.0285. The van der Waals surface area contributed by atoms with E-state index in [1.54, 1.807) is 12.1 Å². The van der Waals surface area contributed by atoms with Crippen LogP contribution in [-0.4, -0.2) is 21.8 Å². The molecule has 110 valence electrons. The van der Waals surface area contributed by atoms with Crippen molar-refractivity contribution in [2.75, 3.05) is 7.11 Å². The van der Waals surface area contributed by atoms with Crippen LogP contribution in [0.5, 0.6) is 11.5 Å². The highest BCUT2D eigenvalue weighted by molar-refractivity contribution is 7.87. The van der Waals surface area contributed by atoms with Crippen molar-refractivity contribution in [2.45, 2.75) is 11.8 Å². The van der Waals surface area contributed by atoms with Crippen LogP contribution in [0, 0.1) is 6.92 Å². The Kier molecular flexibility index (Phi) is 4.28. The highest BCUT2D eigenvalue weighted by Gasteiger charge is 2.18. The van der Waals surface area contributed by atoms with Gasteiger partial charge in [-0.3, -0.25) is 4.79 Å². The molecule has 6 heteroatoms. The van der Waals surface area contributed by atoms with E-state index in [-0.39, 0.29) is 16.2 Å². The van der Waals surface area contributed by atoms with Crippen molar-refractivity contribution in [3.05, 3.63) is 53.6 Å². The lowest BCUT2D eigenvalue weighted by Crippen LogP contribution is -2.11. The number of hydrogen-bond acceptors (Lipinski definition) is 5. The summed E-state index contributed by atoms with van der Waals surface area (Å²) in [5.74, 6) is 0.406. The molecule has 0 amide bonds. The molecular formula is C15H14O5S. The van der Waals surface area contributed by atoms with Crippen LogP contribution in [0.15, 0.2) is 47.4 Å². The zero-order valence-electron chi connectivity index (χ0n) is 11.6. The maximum atomic E-state index is 12.2. The third-order valence-corrected chi connectivity index (χ3v) is 4.10.